The molecule has 1 rings (SSSR count). The van der Waals surface area contributed by atoms with Crippen molar-refractivity contribution in [2.45, 2.75) is 34.1 Å². The minimum absolute atomic E-state index is 0.0465. The van der Waals surface area contributed by atoms with Crippen LogP contribution >= 0.6 is 15.9 Å². The number of rotatable bonds is 5. The summed E-state index contributed by atoms with van der Waals surface area (Å²) < 4.78 is 0.966. The highest BCUT2D eigenvalue weighted by atomic mass is 79.9. The number of aliphatic carboxylic acids is 1. The smallest absolute Gasteiger partial charge is 0.310 e. The average Bonchev–Trinajstić information content (AvgIpc) is 2.33. The molecule has 0 saturated carbocycles. The summed E-state index contributed by atoms with van der Waals surface area (Å²) in [7, 11) is 0. The summed E-state index contributed by atoms with van der Waals surface area (Å²) in [4.78, 5) is 23.4. The van der Waals surface area contributed by atoms with Crippen LogP contribution in [-0.2, 0) is 9.59 Å². The van der Waals surface area contributed by atoms with Gasteiger partial charge in [0.1, 0.15) is 0 Å². The van der Waals surface area contributed by atoms with Crippen LogP contribution < -0.4 is 5.32 Å². The van der Waals surface area contributed by atoms with Crippen LogP contribution in [0.3, 0.4) is 0 Å². The van der Waals surface area contributed by atoms with Crippen molar-refractivity contribution in [2.75, 3.05) is 5.32 Å². The van der Waals surface area contributed by atoms with Gasteiger partial charge in [-0.15, -0.1) is 0 Å². The van der Waals surface area contributed by atoms with Gasteiger partial charge in [0.2, 0.25) is 5.91 Å². The molecule has 0 aliphatic heterocycles. The zero-order valence-electron chi connectivity index (χ0n) is 12.2. The molecule has 2 N–H and O–H groups in total. The van der Waals surface area contributed by atoms with Crippen molar-refractivity contribution in [2.24, 2.45) is 11.3 Å². The lowest BCUT2D eigenvalue weighted by Crippen LogP contribution is -2.37. The zero-order chi connectivity index (χ0) is 15.5. The molecular weight excluding hydrogens is 322 g/mol. The van der Waals surface area contributed by atoms with E-state index in [1.165, 1.54) is 0 Å². The number of aryl methyl sites for hydroxylation is 1. The first-order chi connectivity index (χ1) is 9.16. The summed E-state index contributed by atoms with van der Waals surface area (Å²) >= 11 is 3.39. The first kappa shape index (κ1) is 16.7. The molecule has 0 heterocycles. The Bertz CT molecular complexity index is 528. The van der Waals surface area contributed by atoms with Crippen LogP contribution in [0, 0.1) is 18.3 Å². The van der Waals surface area contributed by atoms with E-state index in [0.29, 0.717) is 5.69 Å². The van der Waals surface area contributed by atoms with Crippen molar-refractivity contribution >= 4 is 33.5 Å². The summed E-state index contributed by atoms with van der Waals surface area (Å²) in [6.45, 7) is 7.15. The van der Waals surface area contributed by atoms with Crippen LogP contribution in [-0.4, -0.2) is 17.0 Å². The molecule has 110 valence electrons. The summed E-state index contributed by atoms with van der Waals surface area (Å²) in [6, 6.07) is 5.47. The van der Waals surface area contributed by atoms with E-state index in [1.54, 1.807) is 13.0 Å². The molecule has 0 fully saturated rings. The largest absolute Gasteiger partial charge is 0.481 e. The van der Waals surface area contributed by atoms with E-state index in [4.69, 9.17) is 0 Å². The molecule has 1 atom stereocenters. The molecule has 0 spiro atoms. The van der Waals surface area contributed by atoms with E-state index in [1.807, 2.05) is 32.9 Å². The number of hydrogen-bond donors (Lipinski definition) is 2. The molecule has 0 aliphatic rings. The Morgan fingerprint density at radius 2 is 2.00 bits per heavy atom. The Hall–Kier alpha value is -1.36. The third kappa shape index (κ3) is 3.82. The van der Waals surface area contributed by atoms with Crippen molar-refractivity contribution in [3.63, 3.8) is 0 Å². The van der Waals surface area contributed by atoms with Crippen LogP contribution in [0.4, 0.5) is 5.69 Å². The van der Waals surface area contributed by atoms with E-state index in [0.717, 1.165) is 10.0 Å². The summed E-state index contributed by atoms with van der Waals surface area (Å²) in [6.07, 6.45) is -0.0465. The number of carbonyl (C=O) groups excluding carboxylic acids is 1. The first-order valence-corrected chi connectivity index (χ1v) is 7.25. The predicted molar refractivity (Wildman–Crippen MR) is 82.7 cm³/mol. The van der Waals surface area contributed by atoms with E-state index in [-0.39, 0.29) is 18.2 Å². The molecule has 0 bridgehead atoms. The van der Waals surface area contributed by atoms with Crippen LogP contribution in [0.25, 0.3) is 0 Å². The van der Waals surface area contributed by atoms with Gasteiger partial charge in [-0.3, -0.25) is 9.59 Å². The molecule has 1 unspecified atom stereocenters. The Morgan fingerprint density at radius 1 is 1.40 bits per heavy atom. The number of carboxylic acid groups (broad SMARTS) is 1. The summed E-state index contributed by atoms with van der Waals surface area (Å²) in [5.74, 6) is -1.36. The minimum Gasteiger partial charge on any atom is -0.481 e. The maximum atomic E-state index is 12.0. The molecule has 0 saturated heterocycles. The Balaban J connectivity index is 2.81. The lowest BCUT2D eigenvalue weighted by Gasteiger charge is -2.28. The number of carbonyl (C=O) groups is 2. The predicted octanol–water partition coefficient (Wildman–Crippen LogP) is 3.83. The van der Waals surface area contributed by atoms with Gasteiger partial charge in [-0.05, 0) is 43.5 Å². The van der Waals surface area contributed by atoms with Crippen LogP contribution in [0.5, 0.6) is 0 Å². The number of carboxylic acids is 1. The van der Waals surface area contributed by atoms with Crippen molar-refractivity contribution in [3.05, 3.63) is 28.2 Å². The third-order valence-corrected chi connectivity index (χ3v) is 4.62. The van der Waals surface area contributed by atoms with E-state index >= 15 is 0 Å². The number of benzene rings is 1. The molecule has 0 radical (unpaired) electrons. The number of anilines is 1. The zero-order valence-corrected chi connectivity index (χ0v) is 13.7. The minimum atomic E-state index is -1.06. The normalized spacial score (nSPS) is 13.9. The maximum Gasteiger partial charge on any atom is 0.310 e. The fourth-order valence-electron chi connectivity index (χ4n) is 1.79. The molecule has 1 amide bonds. The molecule has 0 aliphatic carbocycles. The average molecular weight is 342 g/mol. The molecule has 0 aromatic heterocycles. The van der Waals surface area contributed by atoms with Crippen molar-refractivity contribution in [1.82, 2.24) is 0 Å². The number of hydrogen-bond acceptors (Lipinski definition) is 2. The topological polar surface area (TPSA) is 66.4 Å². The highest BCUT2D eigenvalue weighted by molar-refractivity contribution is 9.10. The Morgan fingerprint density at radius 3 is 2.45 bits per heavy atom. The second-order valence-electron chi connectivity index (χ2n) is 5.57. The molecule has 1 aromatic carbocycles. The van der Waals surface area contributed by atoms with Gasteiger partial charge in [-0.25, -0.2) is 0 Å². The van der Waals surface area contributed by atoms with Gasteiger partial charge in [0.15, 0.2) is 0 Å². The lowest BCUT2D eigenvalue weighted by molar-refractivity contribution is -0.153. The number of halogens is 1. The monoisotopic (exact) mass is 341 g/mol. The van der Waals surface area contributed by atoms with Gasteiger partial charge in [0, 0.05) is 16.6 Å². The second-order valence-corrected chi connectivity index (χ2v) is 6.42. The van der Waals surface area contributed by atoms with Crippen LogP contribution in [0.2, 0.25) is 0 Å². The quantitative estimate of drug-likeness (QED) is 0.855. The highest BCUT2D eigenvalue weighted by Crippen LogP contribution is 2.32. The van der Waals surface area contributed by atoms with Gasteiger partial charge in [-0.2, -0.15) is 0 Å². The number of amides is 1. The van der Waals surface area contributed by atoms with E-state index in [2.05, 4.69) is 21.2 Å². The molecule has 4 nitrogen and oxygen atoms in total. The Labute approximate surface area is 127 Å². The highest BCUT2D eigenvalue weighted by Gasteiger charge is 2.38. The van der Waals surface area contributed by atoms with Gasteiger partial charge >= 0.3 is 5.97 Å². The third-order valence-electron chi connectivity index (χ3n) is 3.73. The SMILES string of the molecule is Cc1cc(NC(=O)CC(C)(C(=O)O)C(C)C)ccc1Br. The van der Waals surface area contributed by atoms with Crippen molar-refractivity contribution < 1.29 is 14.7 Å². The van der Waals surface area contributed by atoms with E-state index < -0.39 is 11.4 Å². The Kier molecular flexibility index (Phi) is 5.34. The van der Waals surface area contributed by atoms with Gasteiger partial charge < -0.3 is 10.4 Å². The lowest BCUT2D eigenvalue weighted by atomic mass is 9.76. The molecule has 20 heavy (non-hydrogen) atoms. The van der Waals surface area contributed by atoms with Gasteiger partial charge in [0.25, 0.3) is 0 Å². The summed E-state index contributed by atoms with van der Waals surface area (Å²) in [5.41, 5.74) is 0.619. The molecule has 5 heteroatoms. The van der Waals surface area contributed by atoms with Gasteiger partial charge in [-0.1, -0.05) is 29.8 Å². The maximum absolute atomic E-state index is 12.0. The number of nitrogens with one attached hydrogen (secondary N) is 1. The molecule has 1 aromatic rings. The van der Waals surface area contributed by atoms with Crippen molar-refractivity contribution in [1.29, 1.82) is 0 Å². The molecular formula is C15H20BrNO3. The summed E-state index contributed by atoms with van der Waals surface area (Å²) in [5, 5.41) is 12.1. The van der Waals surface area contributed by atoms with Crippen molar-refractivity contribution in [3.8, 4) is 0 Å². The fraction of sp³-hybridized carbons (Fsp3) is 0.467. The van der Waals surface area contributed by atoms with Gasteiger partial charge in [0.05, 0.1) is 5.41 Å². The second kappa shape index (κ2) is 6.39. The first-order valence-electron chi connectivity index (χ1n) is 6.46. The van der Waals surface area contributed by atoms with Crippen LogP contribution in [0.1, 0.15) is 32.8 Å². The standard InChI is InChI=1S/C15H20BrNO3/c1-9(2)15(4,14(19)20)8-13(18)17-11-5-6-12(16)10(3)7-11/h5-7,9H,8H2,1-4H3,(H,17,18)(H,19,20). The van der Waals surface area contributed by atoms with E-state index in [9.17, 15) is 14.7 Å². The fourth-order valence-corrected chi connectivity index (χ4v) is 2.03. The van der Waals surface area contributed by atoms with Crippen LogP contribution in [0.15, 0.2) is 22.7 Å².